The molecule has 0 saturated carbocycles. The van der Waals surface area contributed by atoms with E-state index in [-0.39, 0.29) is 5.56 Å². The van der Waals surface area contributed by atoms with E-state index in [2.05, 4.69) is 15.9 Å². The van der Waals surface area contributed by atoms with Crippen LogP contribution in [0.1, 0.15) is 34.3 Å². The molecule has 0 aromatic heterocycles. The van der Waals surface area contributed by atoms with Gasteiger partial charge in [-0.2, -0.15) is 0 Å². The lowest BCUT2D eigenvalue weighted by atomic mass is 9.92. The number of carbonyl (C=O) groups excluding carboxylic acids is 3. The number of benzene rings is 3. The molecule has 3 aromatic rings. The molecule has 2 aliphatic rings. The zero-order valence-corrected chi connectivity index (χ0v) is 27.0. The van der Waals surface area contributed by atoms with Gasteiger partial charge in [-0.15, -0.1) is 0 Å². The Labute approximate surface area is 276 Å². The van der Waals surface area contributed by atoms with E-state index in [0.717, 1.165) is 15.6 Å². The number of hydrogen-bond acceptors (Lipinski definition) is 9. The van der Waals surface area contributed by atoms with Crippen molar-refractivity contribution in [2.75, 3.05) is 13.7 Å². The van der Waals surface area contributed by atoms with Crippen LogP contribution in [0.25, 0.3) is 0 Å². The first-order valence-electron chi connectivity index (χ1n) is 15.3. The van der Waals surface area contributed by atoms with Crippen LogP contribution in [0.15, 0.2) is 102 Å². The Morgan fingerprint density at radius 3 is 1.83 bits per heavy atom. The molecule has 0 aliphatic carbocycles. The van der Waals surface area contributed by atoms with Crippen molar-refractivity contribution in [3.8, 4) is 0 Å². The number of esters is 3. The van der Waals surface area contributed by atoms with Crippen LogP contribution in [-0.4, -0.2) is 67.4 Å². The lowest BCUT2D eigenvalue weighted by Gasteiger charge is -2.44. The van der Waals surface area contributed by atoms with Gasteiger partial charge in [0, 0.05) is 11.6 Å². The predicted octanol–water partition coefficient (Wildman–Crippen LogP) is 5.23. The number of allylic oxidation sites excluding steroid dienone is 2. The van der Waals surface area contributed by atoms with Crippen LogP contribution in [0.3, 0.4) is 0 Å². The summed E-state index contributed by atoms with van der Waals surface area (Å²) in [5.41, 5.74) is 2.14. The van der Waals surface area contributed by atoms with Gasteiger partial charge in [-0.05, 0) is 61.1 Å². The number of methoxy groups -OCH3 is 1. The van der Waals surface area contributed by atoms with Gasteiger partial charge in [0.2, 0.25) is 0 Å². The summed E-state index contributed by atoms with van der Waals surface area (Å²) in [4.78, 5) is 41.1. The molecule has 242 valence electrons. The average Bonchev–Trinajstić information content (AvgIpc) is 3.07. The highest BCUT2D eigenvalue weighted by molar-refractivity contribution is 9.10. The number of carbonyl (C=O) groups is 3. The van der Waals surface area contributed by atoms with Gasteiger partial charge in [0.25, 0.3) is 0 Å². The zero-order chi connectivity index (χ0) is 32.5. The molecule has 1 fully saturated rings. The van der Waals surface area contributed by atoms with Gasteiger partial charge in [0.05, 0.1) is 24.0 Å². The molecule has 10 heteroatoms. The van der Waals surface area contributed by atoms with Crippen LogP contribution in [0.5, 0.6) is 0 Å². The summed E-state index contributed by atoms with van der Waals surface area (Å²) in [6, 6.07) is 25.7. The Morgan fingerprint density at radius 1 is 0.804 bits per heavy atom. The van der Waals surface area contributed by atoms with Gasteiger partial charge in [0.15, 0.2) is 24.6 Å². The van der Waals surface area contributed by atoms with E-state index in [4.69, 9.17) is 23.7 Å². The van der Waals surface area contributed by atoms with Crippen molar-refractivity contribution >= 4 is 33.8 Å². The molecule has 1 N–H and O–H groups in total. The van der Waals surface area contributed by atoms with Crippen molar-refractivity contribution in [3.63, 3.8) is 0 Å². The Bertz CT molecular complexity index is 1480. The smallest absolute Gasteiger partial charge is 0.338 e. The molecule has 0 spiro atoms. The highest BCUT2D eigenvalue weighted by Crippen LogP contribution is 2.32. The molecule has 3 aromatic carbocycles. The van der Waals surface area contributed by atoms with E-state index in [9.17, 15) is 19.5 Å². The van der Waals surface area contributed by atoms with Crippen LogP contribution in [0.4, 0.5) is 0 Å². The molecule has 5 rings (SSSR count). The van der Waals surface area contributed by atoms with Crippen molar-refractivity contribution in [3.05, 3.63) is 118 Å². The van der Waals surface area contributed by atoms with Gasteiger partial charge in [-0.3, -0.25) is 9.59 Å². The van der Waals surface area contributed by atoms with Crippen molar-refractivity contribution in [1.29, 1.82) is 0 Å². The number of fused-ring (bicyclic) bond motifs is 1. The fourth-order valence-electron chi connectivity index (χ4n) is 5.70. The molecule has 7 atom stereocenters. The highest BCUT2D eigenvalue weighted by atomic mass is 79.9. The molecule has 0 amide bonds. The number of aliphatic hydroxyl groups excluding tert-OH is 1. The minimum atomic E-state index is -1.34. The molecular formula is C36H37BrO9. The van der Waals surface area contributed by atoms with Crippen LogP contribution in [-0.2, 0) is 46.1 Å². The molecule has 2 aliphatic heterocycles. The van der Waals surface area contributed by atoms with Crippen LogP contribution in [0.2, 0.25) is 0 Å². The standard InChI is InChI=1S/C36H37BrO9/c1-42-36-32-31(30(29(22-38)43-36)44-33(39)25-16-18-28(37)19-17-25)45-34(40)26(20-23-10-4-2-5-11-23)14-8-9-15-27(35(41)46-32)21-24-12-6-3-7-13-24/h2-13,16-19,26-27,29-32,36,38H,14-15,20-22H2,1H3/b9-8+/t26-,27-,29+,30+,31-,32+,36-/m0/s1. The second kappa shape index (κ2) is 16.1. The molecule has 0 radical (unpaired) electrons. The van der Waals surface area contributed by atoms with E-state index in [1.54, 1.807) is 24.3 Å². The van der Waals surface area contributed by atoms with E-state index in [1.165, 1.54) is 7.11 Å². The maximum atomic E-state index is 13.9. The lowest BCUT2D eigenvalue weighted by molar-refractivity contribution is -0.301. The summed E-state index contributed by atoms with van der Waals surface area (Å²) in [5.74, 6) is -3.01. The van der Waals surface area contributed by atoms with E-state index < -0.39 is 67.1 Å². The third-order valence-electron chi connectivity index (χ3n) is 8.16. The maximum Gasteiger partial charge on any atom is 0.338 e. The lowest BCUT2D eigenvalue weighted by Crippen LogP contribution is -2.63. The molecule has 46 heavy (non-hydrogen) atoms. The van der Waals surface area contributed by atoms with E-state index >= 15 is 0 Å². The topological polar surface area (TPSA) is 118 Å². The molecule has 2 heterocycles. The van der Waals surface area contributed by atoms with Crippen molar-refractivity contribution < 1.29 is 43.2 Å². The largest absolute Gasteiger partial charge is 0.454 e. The van der Waals surface area contributed by atoms with Gasteiger partial charge >= 0.3 is 17.9 Å². The Kier molecular flexibility index (Phi) is 11.8. The summed E-state index contributed by atoms with van der Waals surface area (Å²) in [6.07, 6.45) is -0.998. The number of aliphatic hydroxyl groups is 1. The van der Waals surface area contributed by atoms with Crippen molar-refractivity contribution in [2.45, 2.75) is 56.4 Å². The second-order valence-electron chi connectivity index (χ2n) is 11.4. The first-order valence-corrected chi connectivity index (χ1v) is 16.0. The molecule has 0 unspecified atom stereocenters. The Hall–Kier alpha value is -3.83. The van der Waals surface area contributed by atoms with Crippen LogP contribution >= 0.6 is 15.9 Å². The fraction of sp³-hybridized carbons (Fsp3) is 0.361. The SMILES string of the molecule is CO[C@H]1O[C@H](CO)[C@@H](OC(=O)c2ccc(Br)cc2)[C@@H]2OC(=O)[C@H](Cc3ccccc3)C/C=C/C[C@@H](Cc3ccccc3)C(=O)O[C@@H]12. The molecular weight excluding hydrogens is 656 g/mol. The summed E-state index contributed by atoms with van der Waals surface area (Å²) in [5, 5.41) is 10.3. The number of hydrogen-bond donors (Lipinski definition) is 1. The summed E-state index contributed by atoms with van der Waals surface area (Å²) in [7, 11) is 1.36. The maximum absolute atomic E-state index is 13.9. The normalized spacial score (nSPS) is 27.6. The van der Waals surface area contributed by atoms with E-state index in [0.29, 0.717) is 25.7 Å². The van der Waals surface area contributed by atoms with Gasteiger partial charge in [-0.1, -0.05) is 88.7 Å². The predicted molar refractivity (Wildman–Crippen MR) is 172 cm³/mol. The van der Waals surface area contributed by atoms with Crippen LogP contribution in [0, 0.1) is 11.8 Å². The number of rotatable bonds is 8. The summed E-state index contributed by atoms with van der Waals surface area (Å²) >= 11 is 3.35. The second-order valence-corrected chi connectivity index (χ2v) is 12.3. The first kappa shape index (κ1) is 33.5. The minimum Gasteiger partial charge on any atom is -0.454 e. The number of halogens is 1. The van der Waals surface area contributed by atoms with Gasteiger partial charge < -0.3 is 28.8 Å². The quantitative estimate of drug-likeness (QED) is 0.192. The molecule has 9 nitrogen and oxygen atoms in total. The Morgan fingerprint density at radius 2 is 1.33 bits per heavy atom. The van der Waals surface area contributed by atoms with Crippen molar-refractivity contribution in [1.82, 2.24) is 0 Å². The van der Waals surface area contributed by atoms with E-state index in [1.807, 2.05) is 72.8 Å². The Balaban J connectivity index is 1.52. The average molecular weight is 694 g/mol. The van der Waals surface area contributed by atoms with Crippen LogP contribution < -0.4 is 0 Å². The van der Waals surface area contributed by atoms with Crippen molar-refractivity contribution in [2.24, 2.45) is 11.8 Å². The fourth-order valence-corrected chi connectivity index (χ4v) is 5.96. The first-order chi connectivity index (χ1) is 22.4. The minimum absolute atomic E-state index is 0.233. The van der Waals surface area contributed by atoms with Gasteiger partial charge in [-0.25, -0.2) is 4.79 Å². The summed E-state index contributed by atoms with van der Waals surface area (Å²) in [6.45, 7) is -0.584. The highest BCUT2D eigenvalue weighted by Gasteiger charge is 2.53. The summed E-state index contributed by atoms with van der Waals surface area (Å²) < 4.78 is 30.4. The monoisotopic (exact) mass is 692 g/mol. The van der Waals surface area contributed by atoms with Gasteiger partial charge in [0.1, 0.15) is 6.10 Å². The third kappa shape index (κ3) is 8.50. The molecule has 0 bridgehead atoms. The zero-order valence-electron chi connectivity index (χ0n) is 25.4. The number of ether oxygens (including phenoxy) is 5. The third-order valence-corrected chi connectivity index (χ3v) is 8.68. The molecule has 1 saturated heterocycles.